The zero-order valence-corrected chi connectivity index (χ0v) is 22.1. The number of hydrogen-bond donors (Lipinski definition) is 2. The molecule has 0 aromatic heterocycles. The van der Waals surface area contributed by atoms with Crippen LogP contribution in [0, 0.1) is 0 Å². The van der Waals surface area contributed by atoms with Crippen LogP contribution in [0.5, 0.6) is 0 Å². The van der Waals surface area contributed by atoms with Crippen molar-refractivity contribution < 1.29 is 18.0 Å². The lowest BCUT2D eigenvalue weighted by Crippen LogP contribution is -2.37. The maximum atomic E-state index is 13.6. The summed E-state index contributed by atoms with van der Waals surface area (Å²) >= 11 is 12.2. The molecule has 0 aliphatic heterocycles. The van der Waals surface area contributed by atoms with E-state index in [9.17, 15) is 18.0 Å². The average Bonchev–Trinajstić information content (AvgIpc) is 2.80. The molecule has 3 rings (SSSR count). The molecule has 0 unspecified atom stereocenters. The summed E-state index contributed by atoms with van der Waals surface area (Å²) in [5.41, 5.74) is 5.79. The van der Waals surface area contributed by atoms with Crippen LogP contribution < -0.4 is 16.0 Å². The zero-order chi connectivity index (χ0) is 26.5. The summed E-state index contributed by atoms with van der Waals surface area (Å²) in [4.78, 5) is 15.1. The van der Waals surface area contributed by atoms with E-state index >= 15 is 0 Å². The second kappa shape index (κ2) is 12.1. The fourth-order valence-corrected chi connectivity index (χ4v) is 4.89. The molecular formula is C26H26Cl2F3N3OS. The van der Waals surface area contributed by atoms with Gasteiger partial charge in [-0.05, 0) is 90.2 Å². The first-order chi connectivity index (χ1) is 17.0. The smallest absolute Gasteiger partial charge is 0.398 e. The Hall–Kier alpha value is -2.55. The number of carbonyl (C=O) groups is 1. The first kappa shape index (κ1) is 28.0. The minimum atomic E-state index is -4.40. The molecule has 2 amide bonds. The Bertz CT molecular complexity index is 1170. The largest absolute Gasteiger partial charge is 0.446 e. The molecule has 36 heavy (non-hydrogen) atoms. The molecule has 3 aromatic carbocycles. The average molecular weight is 556 g/mol. The summed E-state index contributed by atoms with van der Waals surface area (Å²) in [6.07, 6.45) is 1.66. The number of amides is 2. The van der Waals surface area contributed by atoms with Crippen molar-refractivity contribution in [2.24, 2.45) is 0 Å². The van der Waals surface area contributed by atoms with Crippen molar-refractivity contribution in [1.29, 1.82) is 0 Å². The molecule has 0 aliphatic rings. The predicted octanol–water partition coefficient (Wildman–Crippen LogP) is 8.59. The fourth-order valence-electron chi connectivity index (χ4n) is 3.88. The highest BCUT2D eigenvalue weighted by molar-refractivity contribution is 8.00. The SMILES string of the molecule is CCc1c(N)cc(Cl)c(CC)c1NC(=O)N(CCc1ccc(Cl)cc1)c1ccc(SC(F)(F)F)cc1. The topological polar surface area (TPSA) is 58.4 Å². The molecule has 0 saturated heterocycles. The van der Waals surface area contributed by atoms with Gasteiger partial charge in [-0.2, -0.15) is 13.2 Å². The Morgan fingerprint density at radius 1 is 1.00 bits per heavy atom. The van der Waals surface area contributed by atoms with E-state index in [4.69, 9.17) is 28.9 Å². The lowest BCUT2D eigenvalue weighted by Gasteiger charge is -2.26. The number of thioether (sulfide) groups is 1. The van der Waals surface area contributed by atoms with Crippen molar-refractivity contribution in [3.8, 4) is 0 Å². The Morgan fingerprint density at radius 2 is 1.61 bits per heavy atom. The lowest BCUT2D eigenvalue weighted by molar-refractivity contribution is -0.0328. The van der Waals surface area contributed by atoms with E-state index in [0.717, 1.165) is 16.7 Å². The summed E-state index contributed by atoms with van der Waals surface area (Å²) in [6, 6.07) is 14.2. The number of nitrogen functional groups attached to an aromatic ring is 1. The summed E-state index contributed by atoms with van der Waals surface area (Å²) in [7, 11) is 0. The third-order valence-electron chi connectivity index (χ3n) is 5.63. The number of urea groups is 1. The van der Waals surface area contributed by atoms with Gasteiger partial charge in [-0.25, -0.2) is 4.79 Å². The number of alkyl halides is 3. The minimum Gasteiger partial charge on any atom is -0.398 e. The number of nitrogens with two attached hydrogens (primary N) is 1. The molecule has 3 aromatic rings. The third kappa shape index (κ3) is 7.24. The molecule has 0 saturated carbocycles. The summed E-state index contributed by atoms with van der Waals surface area (Å²) in [5, 5.41) is 4.04. The third-order valence-corrected chi connectivity index (χ3v) is 6.95. The molecule has 0 fully saturated rings. The number of hydrogen-bond acceptors (Lipinski definition) is 3. The summed E-state index contributed by atoms with van der Waals surface area (Å²) in [5.74, 6) is 0. The van der Waals surface area contributed by atoms with Crippen LogP contribution in [0.4, 0.5) is 35.0 Å². The van der Waals surface area contributed by atoms with E-state index in [-0.39, 0.29) is 23.2 Å². The Balaban J connectivity index is 1.94. The molecule has 0 radical (unpaired) electrons. The van der Waals surface area contributed by atoms with Crippen molar-refractivity contribution in [3.63, 3.8) is 0 Å². The van der Waals surface area contributed by atoms with Gasteiger partial charge in [-0.3, -0.25) is 4.90 Å². The van der Waals surface area contributed by atoms with Gasteiger partial charge in [0.05, 0.1) is 5.69 Å². The number of anilines is 3. The van der Waals surface area contributed by atoms with Crippen molar-refractivity contribution in [1.82, 2.24) is 0 Å². The lowest BCUT2D eigenvalue weighted by atomic mass is 10.0. The van der Waals surface area contributed by atoms with Crippen molar-refractivity contribution in [3.05, 3.63) is 81.3 Å². The van der Waals surface area contributed by atoms with E-state index in [0.29, 0.717) is 46.4 Å². The molecule has 0 bridgehead atoms. The molecule has 0 atom stereocenters. The molecular weight excluding hydrogens is 530 g/mol. The van der Waals surface area contributed by atoms with Gasteiger partial charge < -0.3 is 11.1 Å². The minimum absolute atomic E-state index is 0.0356. The van der Waals surface area contributed by atoms with Gasteiger partial charge in [0.15, 0.2) is 0 Å². The maximum Gasteiger partial charge on any atom is 0.446 e. The van der Waals surface area contributed by atoms with Gasteiger partial charge in [0.2, 0.25) is 0 Å². The Kier molecular flexibility index (Phi) is 9.44. The van der Waals surface area contributed by atoms with Crippen LogP contribution in [0.2, 0.25) is 10.0 Å². The van der Waals surface area contributed by atoms with Crippen molar-refractivity contribution in [2.45, 2.75) is 43.5 Å². The maximum absolute atomic E-state index is 13.6. The number of rotatable bonds is 8. The summed E-state index contributed by atoms with van der Waals surface area (Å²) in [6.45, 7) is 4.14. The van der Waals surface area contributed by atoms with Crippen LogP contribution in [-0.2, 0) is 19.3 Å². The monoisotopic (exact) mass is 555 g/mol. The van der Waals surface area contributed by atoms with Gasteiger partial charge in [-0.15, -0.1) is 0 Å². The number of halogens is 5. The van der Waals surface area contributed by atoms with E-state index in [1.807, 2.05) is 26.0 Å². The fraction of sp³-hybridized carbons (Fsp3) is 0.269. The standard InChI is InChI=1S/C26H26Cl2F3N3OS/c1-3-20-22(28)15-23(32)21(4-2)24(20)33-25(35)34(14-13-16-5-7-17(27)8-6-16)18-9-11-19(12-10-18)36-26(29,30)31/h5-12,15H,3-4,13-14,32H2,1-2H3,(H,33,35). The highest BCUT2D eigenvalue weighted by Gasteiger charge is 2.29. The van der Waals surface area contributed by atoms with Crippen LogP contribution in [0.1, 0.15) is 30.5 Å². The molecule has 3 N–H and O–H groups in total. The predicted molar refractivity (Wildman–Crippen MR) is 144 cm³/mol. The molecule has 0 aliphatic carbocycles. The van der Waals surface area contributed by atoms with E-state index in [1.165, 1.54) is 29.2 Å². The molecule has 0 spiro atoms. The van der Waals surface area contributed by atoms with Gasteiger partial charge in [-0.1, -0.05) is 49.2 Å². The number of carbonyl (C=O) groups excluding carboxylic acids is 1. The van der Waals surface area contributed by atoms with Gasteiger partial charge >= 0.3 is 11.5 Å². The van der Waals surface area contributed by atoms with Crippen LogP contribution >= 0.6 is 35.0 Å². The van der Waals surface area contributed by atoms with Gasteiger partial charge in [0.1, 0.15) is 0 Å². The second-order valence-electron chi connectivity index (χ2n) is 7.99. The van der Waals surface area contributed by atoms with Crippen LogP contribution in [0.3, 0.4) is 0 Å². The zero-order valence-electron chi connectivity index (χ0n) is 19.8. The quantitative estimate of drug-likeness (QED) is 0.216. The second-order valence-corrected chi connectivity index (χ2v) is 9.97. The summed E-state index contributed by atoms with van der Waals surface area (Å²) < 4.78 is 38.3. The number of nitrogens with zero attached hydrogens (tertiary/aromatic N) is 1. The Morgan fingerprint density at radius 3 is 2.17 bits per heavy atom. The number of nitrogens with one attached hydrogen (secondary N) is 1. The number of benzene rings is 3. The molecule has 192 valence electrons. The highest BCUT2D eigenvalue weighted by atomic mass is 35.5. The van der Waals surface area contributed by atoms with Gasteiger partial charge in [0.25, 0.3) is 0 Å². The van der Waals surface area contributed by atoms with Crippen LogP contribution in [0.25, 0.3) is 0 Å². The van der Waals surface area contributed by atoms with Crippen LogP contribution in [0.15, 0.2) is 59.5 Å². The van der Waals surface area contributed by atoms with E-state index in [2.05, 4.69) is 5.32 Å². The Labute approximate surface area is 223 Å². The highest BCUT2D eigenvalue weighted by Crippen LogP contribution is 2.38. The van der Waals surface area contributed by atoms with E-state index in [1.54, 1.807) is 18.2 Å². The van der Waals surface area contributed by atoms with Crippen LogP contribution in [-0.4, -0.2) is 18.1 Å². The molecule has 10 heteroatoms. The normalized spacial score (nSPS) is 11.4. The first-order valence-corrected chi connectivity index (χ1v) is 12.9. The first-order valence-electron chi connectivity index (χ1n) is 11.3. The molecule has 0 heterocycles. The van der Waals surface area contributed by atoms with E-state index < -0.39 is 11.5 Å². The van der Waals surface area contributed by atoms with Crippen molar-refractivity contribution in [2.75, 3.05) is 22.5 Å². The van der Waals surface area contributed by atoms with Crippen molar-refractivity contribution >= 4 is 58.1 Å². The van der Waals surface area contributed by atoms with Gasteiger partial charge in [0, 0.05) is 32.9 Å². The molecule has 4 nitrogen and oxygen atoms in total.